The Labute approximate surface area is 185 Å². The number of hydrogen-bond donors (Lipinski definition) is 5. The van der Waals surface area contributed by atoms with Gasteiger partial charge in [0.05, 0.1) is 6.10 Å². The number of ether oxygens (including phenoxy) is 1. The van der Waals surface area contributed by atoms with Gasteiger partial charge in [-0.1, -0.05) is 46.3 Å². The Kier molecular flexibility index (Phi) is 15.2. The van der Waals surface area contributed by atoms with Gasteiger partial charge < -0.3 is 4.74 Å². The third kappa shape index (κ3) is 12.8. The topological polar surface area (TPSA) is 116 Å². The summed E-state index contributed by atoms with van der Waals surface area (Å²) < 4.78 is 5.63. The molecule has 0 amide bonds. The average molecular weight is 494 g/mol. The van der Waals surface area contributed by atoms with Crippen LogP contribution in [0, 0.1) is 0 Å². The second kappa shape index (κ2) is 17.9. The third-order valence-corrected chi connectivity index (χ3v) is 4.27. The molecule has 1 aromatic carbocycles. The van der Waals surface area contributed by atoms with Gasteiger partial charge in [-0.05, 0) is 24.8 Å². The zero-order valence-electron chi connectivity index (χ0n) is 16.9. The standard InChI is InChI=1S/C18H32BrN5O6/c19-12-26-21-13-28-22-14-29-24-18(10-16-6-2-1-3-7-16)30-23-15-27-20-11-17-8-4-5-9-25-17/h1-3,6-7,17-18,20-24H,4-5,8-15H2/t17?,18-/m0/s1. The van der Waals surface area contributed by atoms with Crippen molar-refractivity contribution in [2.75, 3.05) is 38.9 Å². The number of nitrogens with one attached hydrogen (secondary N) is 5. The molecular formula is C18H32BrN5O6. The Morgan fingerprint density at radius 1 is 0.933 bits per heavy atom. The molecule has 0 aliphatic carbocycles. The van der Waals surface area contributed by atoms with Crippen LogP contribution < -0.4 is 27.4 Å². The van der Waals surface area contributed by atoms with E-state index in [4.69, 9.17) is 28.9 Å². The highest BCUT2D eigenvalue weighted by Crippen LogP contribution is 2.11. The summed E-state index contributed by atoms with van der Waals surface area (Å²) in [5.74, 6) is 0. The van der Waals surface area contributed by atoms with Crippen molar-refractivity contribution < 1.29 is 28.9 Å². The number of alkyl halides is 1. The monoisotopic (exact) mass is 493 g/mol. The van der Waals surface area contributed by atoms with E-state index in [2.05, 4.69) is 43.3 Å². The van der Waals surface area contributed by atoms with E-state index in [1.54, 1.807) is 0 Å². The van der Waals surface area contributed by atoms with Gasteiger partial charge in [0.15, 0.2) is 6.23 Å². The largest absolute Gasteiger partial charge is 0.377 e. The predicted molar refractivity (Wildman–Crippen MR) is 112 cm³/mol. The lowest BCUT2D eigenvalue weighted by Crippen LogP contribution is -2.41. The van der Waals surface area contributed by atoms with Crippen molar-refractivity contribution in [3.63, 3.8) is 0 Å². The number of hydrogen-bond acceptors (Lipinski definition) is 11. The van der Waals surface area contributed by atoms with Crippen molar-refractivity contribution in [1.82, 2.24) is 27.4 Å². The minimum absolute atomic E-state index is 0.101. The Hall–Kier alpha value is -0.740. The first-order valence-corrected chi connectivity index (χ1v) is 11.0. The van der Waals surface area contributed by atoms with Crippen LogP contribution >= 0.6 is 15.9 Å². The molecule has 2 atom stereocenters. The van der Waals surface area contributed by atoms with E-state index in [1.807, 2.05) is 30.3 Å². The van der Waals surface area contributed by atoms with Crippen molar-refractivity contribution in [1.29, 1.82) is 0 Å². The summed E-state index contributed by atoms with van der Waals surface area (Å²) in [5, 5.41) is 0. The lowest BCUT2D eigenvalue weighted by molar-refractivity contribution is -0.171. The SMILES string of the molecule is BrCONCONCON[C@H](Cc1ccccc1)ONCONCC1CCCCO1. The molecule has 1 saturated heterocycles. The van der Waals surface area contributed by atoms with E-state index in [1.165, 1.54) is 6.42 Å². The van der Waals surface area contributed by atoms with Crippen molar-refractivity contribution in [2.24, 2.45) is 0 Å². The molecule has 0 radical (unpaired) electrons. The molecule has 30 heavy (non-hydrogen) atoms. The second-order valence-corrected chi connectivity index (χ2v) is 6.76. The highest BCUT2D eigenvalue weighted by Gasteiger charge is 2.13. The van der Waals surface area contributed by atoms with E-state index in [9.17, 15) is 0 Å². The molecule has 11 nitrogen and oxygen atoms in total. The van der Waals surface area contributed by atoms with Gasteiger partial charge in [0.2, 0.25) is 0 Å². The summed E-state index contributed by atoms with van der Waals surface area (Å²) in [6, 6.07) is 9.93. The summed E-state index contributed by atoms with van der Waals surface area (Å²) in [7, 11) is 0. The van der Waals surface area contributed by atoms with E-state index in [0.717, 1.165) is 25.0 Å². The van der Waals surface area contributed by atoms with Gasteiger partial charge in [-0.25, -0.2) is 0 Å². The fourth-order valence-electron chi connectivity index (χ4n) is 2.64. The van der Waals surface area contributed by atoms with E-state index < -0.39 is 6.23 Å². The molecule has 172 valence electrons. The highest BCUT2D eigenvalue weighted by molar-refractivity contribution is 9.09. The molecule has 0 aromatic heterocycles. The fraction of sp³-hybridized carbons (Fsp3) is 0.667. The second-order valence-electron chi connectivity index (χ2n) is 6.30. The molecule has 2 rings (SSSR count). The number of hydroxylamine groups is 5. The maximum absolute atomic E-state index is 5.63. The van der Waals surface area contributed by atoms with Crippen LogP contribution in [-0.2, 0) is 35.3 Å². The van der Waals surface area contributed by atoms with E-state index in [0.29, 0.717) is 18.5 Å². The first kappa shape index (κ1) is 25.5. The molecule has 12 heteroatoms. The number of rotatable bonds is 18. The van der Waals surface area contributed by atoms with Gasteiger partial charge in [-0.3, -0.25) is 24.2 Å². The third-order valence-electron chi connectivity index (χ3n) is 4.04. The molecule has 0 saturated carbocycles. The van der Waals surface area contributed by atoms with E-state index >= 15 is 0 Å². The smallest absolute Gasteiger partial charge is 0.155 e. The molecule has 1 fully saturated rings. The number of benzene rings is 1. The maximum atomic E-state index is 5.63. The van der Waals surface area contributed by atoms with Crippen LogP contribution in [0.2, 0.25) is 0 Å². The Balaban J connectivity index is 1.57. The van der Waals surface area contributed by atoms with Crippen LogP contribution in [0.3, 0.4) is 0 Å². The van der Waals surface area contributed by atoms with Crippen molar-refractivity contribution in [2.45, 2.75) is 38.0 Å². The van der Waals surface area contributed by atoms with Crippen molar-refractivity contribution in [3.05, 3.63) is 35.9 Å². The molecule has 1 aliphatic rings. The van der Waals surface area contributed by atoms with Crippen LogP contribution in [0.5, 0.6) is 0 Å². The van der Waals surface area contributed by atoms with Crippen LogP contribution in [0.25, 0.3) is 0 Å². The zero-order chi connectivity index (χ0) is 21.1. The Bertz CT molecular complexity index is 515. The van der Waals surface area contributed by atoms with Gasteiger partial charge >= 0.3 is 0 Å². The lowest BCUT2D eigenvalue weighted by atomic mass is 10.1. The molecule has 1 aliphatic heterocycles. The molecule has 1 aromatic rings. The normalized spacial score (nSPS) is 17.8. The summed E-state index contributed by atoms with van der Waals surface area (Å²) in [4.78, 5) is 26.2. The van der Waals surface area contributed by atoms with Gasteiger partial charge in [0.1, 0.15) is 25.7 Å². The number of halogens is 1. The highest BCUT2D eigenvalue weighted by atomic mass is 79.9. The molecule has 1 heterocycles. The zero-order valence-corrected chi connectivity index (χ0v) is 18.5. The fourth-order valence-corrected chi connectivity index (χ4v) is 2.80. The first-order chi connectivity index (χ1) is 14.9. The molecule has 0 bridgehead atoms. The molecule has 5 N–H and O–H groups in total. The molecule has 1 unspecified atom stereocenters. The summed E-state index contributed by atoms with van der Waals surface area (Å²) in [5.41, 5.74) is 15.1. The average Bonchev–Trinajstić information content (AvgIpc) is 2.79. The minimum atomic E-state index is -0.450. The van der Waals surface area contributed by atoms with Crippen LogP contribution in [0.15, 0.2) is 30.3 Å². The predicted octanol–water partition coefficient (Wildman–Crippen LogP) is 0.955. The van der Waals surface area contributed by atoms with Gasteiger partial charge in [-0.15, -0.1) is 0 Å². The first-order valence-electron chi connectivity index (χ1n) is 9.89. The Morgan fingerprint density at radius 3 is 2.50 bits per heavy atom. The summed E-state index contributed by atoms with van der Waals surface area (Å²) >= 11 is 3.11. The van der Waals surface area contributed by atoms with Gasteiger partial charge in [0, 0.05) is 19.6 Å². The Morgan fingerprint density at radius 2 is 1.70 bits per heavy atom. The van der Waals surface area contributed by atoms with E-state index in [-0.39, 0.29) is 26.3 Å². The van der Waals surface area contributed by atoms with Gasteiger partial charge in [-0.2, -0.15) is 27.4 Å². The van der Waals surface area contributed by atoms with Crippen molar-refractivity contribution in [3.8, 4) is 0 Å². The summed E-state index contributed by atoms with van der Waals surface area (Å²) in [6.07, 6.45) is 3.72. The van der Waals surface area contributed by atoms with Crippen LogP contribution in [0.1, 0.15) is 24.8 Å². The maximum Gasteiger partial charge on any atom is 0.155 e. The van der Waals surface area contributed by atoms with Crippen LogP contribution in [0.4, 0.5) is 0 Å². The lowest BCUT2D eigenvalue weighted by Gasteiger charge is -2.23. The van der Waals surface area contributed by atoms with Crippen LogP contribution in [-0.4, -0.2) is 51.2 Å². The van der Waals surface area contributed by atoms with Gasteiger partial charge in [0.25, 0.3) is 0 Å². The molecule has 0 spiro atoms. The minimum Gasteiger partial charge on any atom is -0.377 e. The molecular weight excluding hydrogens is 462 g/mol. The summed E-state index contributed by atoms with van der Waals surface area (Å²) in [6.45, 7) is 1.90. The van der Waals surface area contributed by atoms with Crippen molar-refractivity contribution >= 4 is 15.9 Å². The quantitative estimate of drug-likeness (QED) is 0.0870.